The molecule has 0 unspecified atom stereocenters. The SMILES string of the molecule is [2H]C([2H])([2H])C([2H])([2H])C([2H])([2H])n1c(N)c(NC(=O)OC(C)(C)C)c(=O)n(CCC)c1=O. The van der Waals surface area contributed by atoms with E-state index in [1.54, 1.807) is 27.7 Å². The van der Waals surface area contributed by atoms with Gasteiger partial charge < -0.3 is 10.5 Å². The Morgan fingerprint density at radius 1 is 1.39 bits per heavy atom. The van der Waals surface area contributed by atoms with Gasteiger partial charge in [-0.2, -0.15) is 0 Å². The zero-order valence-electron chi connectivity index (χ0n) is 20.5. The molecule has 0 saturated heterocycles. The summed E-state index contributed by atoms with van der Waals surface area (Å²) >= 11 is 0. The van der Waals surface area contributed by atoms with Crippen molar-refractivity contribution in [3.8, 4) is 0 Å². The minimum atomic E-state index is -3.57. The summed E-state index contributed by atoms with van der Waals surface area (Å²) in [4.78, 5) is 37.6. The molecular formula is C15H26N4O4. The number of nitrogens with zero attached hydrogens (tertiary/aromatic N) is 2. The molecule has 0 aromatic carbocycles. The third kappa shape index (κ3) is 4.61. The first kappa shape index (κ1) is 10.5. The Balaban J connectivity index is 3.85. The first-order chi connectivity index (χ1) is 13.3. The van der Waals surface area contributed by atoms with Gasteiger partial charge in [-0.15, -0.1) is 0 Å². The summed E-state index contributed by atoms with van der Waals surface area (Å²) in [7, 11) is 0. The fraction of sp³-hybridized carbons (Fsp3) is 0.667. The molecule has 0 radical (unpaired) electrons. The van der Waals surface area contributed by atoms with Crippen LogP contribution in [0.4, 0.5) is 16.3 Å². The number of anilines is 2. The van der Waals surface area contributed by atoms with Crippen LogP contribution in [0.5, 0.6) is 0 Å². The number of rotatable bonds is 5. The fourth-order valence-electron chi connectivity index (χ4n) is 1.77. The van der Waals surface area contributed by atoms with Crippen molar-refractivity contribution in [2.45, 2.75) is 66.0 Å². The van der Waals surface area contributed by atoms with Gasteiger partial charge in [-0.3, -0.25) is 19.2 Å². The maximum absolute atomic E-state index is 12.8. The topological polar surface area (TPSA) is 108 Å². The van der Waals surface area contributed by atoms with Gasteiger partial charge in [-0.1, -0.05) is 13.8 Å². The highest BCUT2D eigenvalue weighted by Crippen LogP contribution is 2.14. The molecule has 8 nitrogen and oxygen atoms in total. The van der Waals surface area contributed by atoms with Crippen molar-refractivity contribution in [3.05, 3.63) is 20.8 Å². The van der Waals surface area contributed by atoms with Crippen LogP contribution in [0.2, 0.25) is 0 Å². The summed E-state index contributed by atoms with van der Waals surface area (Å²) in [5.41, 5.74) is 1.67. The number of nitrogens with two attached hydrogens (primary N) is 1. The Bertz CT molecular complexity index is 929. The van der Waals surface area contributed by atoms with E-state index in [0.717, 1.165) is 0 Å². The van der Waals surface area contributed by atoms with Crippen LogP contribution in [0.25, 0.3) is 0 Å². The van der Waals surface area contributed by atoms with E-state index in [9.17, 15) is 14.4 Å². The molecule has 1 amide bonds. The fourth-order valence-corrected chi connectivity index (χ4v) is 1.77. The Kier molecular flexibility index (Phi) is 3.36. The first-order valence-corrected chi connectivity index (χ1v) is 6.95. The maximum Gasteiger partial charge on any atom is 0.412 e. The summed E-state index contributed by atoms with van der Waals surface area (Å²) in [6, 6.07) is 0. The Labute approximate surface area is 145 Å². The van der Waals surface area contributed by atoms with Crippen molar-refractivity contribution in [2.75, 3.05) is 11.1 Å². The van der Waals surface area contributed by atoms with Crippen LogP contribution in [-0.2, 0) is 17.8 Å². The van der Waals surface area contributed by atoms with E-state index in [0.29, 0.717) is 4.57 Å². The van der Waals surface area contributed by atoms with Crippen LogP contribution >= 0.6 is 0 Å². The van der Waals surface area contributed by atoms with E-state index in [4.69, 9.17) is 20.1 Å². The lowest BCUT2D eigenvalue weighted by Gasteiger charge is -2.21. The summed E-state index contributed by atoms with van der Waals surface area (Å²) in [5, 5.41) is 2.05. The molecule has 0 bridgehead atoms. The van der Waals surface area contributed by atoms with Crippen LogP contribution in [0.1, 0.15) is 56.9 Å². The third-order valence-electron chi connectivity index (χ3n) is 2.62. The average Bonchev–Trinajstić information content (AvgIpc) is 2.52. The van der Waals surface area contributed by atoms with Crippen molar-refractivity contribution in [2.24, 2.45) is 0 Å². The summed E-state index contributed by atoms with van der Waals surface area (Å²) in [5.74, 6) is -0.943. The molecule has 3 N–H and O–H groups in total. The van der Waals surface area contributed by atoms with E-state index in [2.05, 4.69) is 5.32 Å². The highest BCUT2D eigenvalue weighted by Gasteiger charge is 2.22. The predicted molar refractivity (Wildman–Crippen MR) is 89.8 cm³/mol. The minimum absolute atomic E-state index is 0.0309. The largest absolute Gasteiger partial charge is 0.444 e. The quantitative estimate of drug-likeness (QED) is 0.853. The summed E-state index contributed by atoms with van der Waals surface area (Å²) < 4.78 is 59.3. The Hall–Kier alpha value is -2.25. The number of amides is 1. The van der Waals surface area contributed by atoms with Crippen molar-refractivity contribution < 1.29 is 19.1 Å². The molecule has 0 atom stereocenters. The Morgan fingerprint density at radius 2 is 2.04 bits per heavy atom. The number of carbonyl (C=O) groups excluding carboxylic acids is 1. The van der Waals surface area contributed by atoms with E-state index in [1.807, 2.05) is 0 Å². The van der Waals surface area contributed by atoms with Crippen LogP contribution in [-0.4, -0.2) is 20.8 Å². The summed E-state index contributed by atoms with van der Waals surface area (Å²) in [6.07, 6.45) is -4.45. The summed E-state index contributed by atoms with van der Waals surface area (Å²) in [6.45, 7) is -0.932. The first-order valence-electron chi connectivity index (χ1n) is 10.5. The van der Waals surface area contributed by atoms with Crippen LogP contribution in [0.3, 0.4) is 0 Å². The highest BCUT2D eigenvalue weighted by molar-refractivity contribution is 5.87. The van der Waals surface area contributed by atoms with Gasteiger partial charge in [0.1, 0.15) is 11.4 Å². The van der Waals surface area contributed by atoms with E-state index in [1.165, 1.54) is 0 Å². The van der Waals surface area contributed by atoms with Gasteiger partial charge in [0.2, 0.25) is 0 Å². The lowest BCUT2D eigenvalue weighted by Crippen LogP contribution is -2.43. The number of nitrogen functional groups attached to an aromatic ring is 1. The van der Waals surface area contributed by atoms with E-state index in [-0.39, 0.29) is 17.5 Å². The molecule has 1 aromatic heterocycles. The second kappa shape index (κ2) is 7.34. The van der Waals surface area contributed by atoms with Gasteiger partial charge in [0.15, 0.2) is 5.69 Å². The van der Waals surface area contributed by atoms with Gasteiger partial charge in [0.05, 0.1) is 0 Å². The highest BCUT2D eigenvalue weighted by atomic mass is 16.6. The molecule has 0 fully saturated rings. The van der Waals surface area contributed by atoms with Crippen LogP contribution in [0, 0.1) is 0 Å². The number of hydrogen-bond donors (Lipinski definition) is 2. The van der Waals surface area contributed by atoms with Crippen molar-refractivity contribution >= 4 is 17.6 Å². The molecule has 0 aliphatic heterocycles. The van der Waals surface area contributed by atoms with Gasteiger partial charge in [0.25, 0.3) is 5.56 Å². The number of ether oxygens (including phenoxy) is 1. The molecule has 0 aliphatic rings. The maximum atomic E-state index is 12.8. The van der Waals surface area contributed by atoms with Gasteiger partial charge in [-0.25, -0.2) is 9.59 Å². The zero-order chi connectivity index (χ0) is 23.9. The smallest absolute Gasteiger partial charge is 0.412 e. The van der Waals surface area contributed by atoms with Gasteiger partial charge in [-0.05, 0) is 33.6 Å². The molecule has 0 saturated carbocycles. The molecule has 130 valence electrons. The zero-order valence-corrected chi connectivity index (χ0v) is 13.5. The normalized spacial score (nSPS) is 17.7. The molecule has 0 spiro atoms. The second-order valence-electron chi connectivity index (χ2n) is 5.70. The third-order valence-corrected chi connectivity index (χ3v) is 2.62. The van der Waals surface area contributed by atoms with E-state index >= 15 is 0 Å². The molecule has 0 aliphatic carbocycles. The van der Waals surface area contributed by atoms with Gasteiger partial charge >= 0.3 is 11.8 Å². The number of nitrogens with one attached hydrogen (secondary N) is 1. The van der Waals surface area contributed by atoms with Crippen molar-refractivity contribution in [1.29, 1.82) is 0 Å². The Morgan fingerprint density at radius 3 is 2.57 bits per heavy atom. The van der Waals surface area contributed by atoms with Crippen LogP contribution in [0.15, 0.2) is 9.59 Å². The monoisotopic (exact) mass is 333 g/mol. The lowest BCUT2D eigenvalue weighted by atomic mass is 10.2. The van der Waals surface area contributed by atoms with Crippen molar-refractivity contribution in [3.63, 3.8) is 0 Å². The minimum Gasteiger partial charge on any atom is -0.444 e. The number of aromatic nitrogens is 2. The standard InChI is InChI=1S/C15H26N4O4/c1-6-8-18-11(16)10(17-13(21)23-15(3,4)5)12(20)19(9-7-2)14(18)22/h6-9,16H2,1-5H3,(H,17,21)/i1D3,6D2,8D2. The average molecular weight is 333 g/mol. The second-order valence-corrected chi connectivity index (χ2v) is 5.70. The molecule has 1 rings (SSSR count). The molecule has 1 heterocycles. The lowest BCUT2D eigenvalue weighted by molar-refractivity contribution is 0.0635. The number of hydrogen-bond acceptors (Lipinski definition) is 5. The molecule has 23 heavy (non-hydrogen) atoms. The molecular weight excluding hydrogens is 300 g/mol. The van der Waals surface area contributed by atoms with Gasteiger partial charge in [0, 0.05) is 22.6 Å². The molecule has 8 heteroatoms. The predicted octanol–water partition coefficient (Wildman–Crippen LogP) is 1.76. The van der Waals surface area contributed by atoms with E-state index < -0.39 is 54.2 Å². The van der Waals surface area contributed by atoms with Crippen LogP contribution < -0.4 is 22.3 Å². The molecule has 1 aromatic rings. The van der Waals surface area contributed by atoms with Crippen molar-refractivity contribution in [1.82, 2.24) is 9.13 Å². The number of carbonyl (C=O) groups is 1.